The highest BCUT2D eigenvalue weighted by Gasteiger charge is 2.40. The smallest absolute Gasteiger partial charge is 0.410 e. The molecule has 3 aromatic rings. The zero-order chi connectivity index (χ0) is 37.6. The van der Waals surface area contributed by atoms with E-state index in [-0.39, 0.29) is 55.9 Å². The van der Waals surface area contributed by atoms with Crippen LogP contribution in [0, 0.1) is 0 Å². The van der Waals surface area contributed by atoms with Crippen LogP contribution in [0.15, 0.2) is 54.7 Å². The van der Waals surface area contributed by atoms with Gasteiger partial charge in [-0.2, -0.15) is 4.98 Å². The number of fused-ring (bicyclic) bond motifs is 1. The Morgan fingerprint density at radius 3 is 2.41 bits per heavy atom. The standard InChI is InChI=1S/C40H52N8O6/c1-27-38(51)45(2)34-25-41-39(44-36(34)48(27)32-10-6-7-11-32)43-33-17-12-29(24-35(33)53-23-22-49)37(50)42-30-13-15-31(16-14-30)46-18-20-47(21-19-46)40(52)54-26-28-8-4-3-5-9-28/h3-5,8-9,12,17,24-25,27,30-32,49H,6-7,10-11,13-16,18-23,26H2,1-2H3,(H,42,50)(H,41,43,44)/t27-,30?,31?/m1/s1. The minimum absolute atomic E-state index is 0.0225. The van der Waals surface area contributed by atoms with Gasteiger partial charge in [0.1, 0.15) is 30.7 Å². The number of nitrogens with one attached hydrogen (secondary N) is 2. The number of carbonyl (C=O) groups excluding carboxylic acids is 3. The summed E-state index contributed by atoms with van der Waals surface area (Å²) >= 11 is 0. The van der Waals surface area contributed by atoms with Gasteiger partial charge in [-0.3, -0.25) is 14.5 Å². The molecule has 1 aromatic heterocycles. The quantitative estimate of drug-likeness (QED) is 0.251. The van der Waals surface area contributed by atoms with Gasteiger partial charge in [-0.25, -0.2) is 9.78 Å². The lowest BCUT2D eigenvalue weighted by Crippen LogP contribution is -2.54. The Balaban J connectivity index is 0.934. The van der Waals surface area contributed by atoms with E-state index >= 15 is 0 Å². The van der Waals surface area contributed by atoms with Crippen molar-refractivity contribution in [1.29, 1.82) is 0 Å². The monoisotopic (exact) mass is 740 g/mol. The summed E-state index contributed by atoms with van der Waals surface area (Å²) in [4.78, 5) is 56.6. The van der Waals surface area contributed by atoms with E-state index in [1.54, 1.807) is 41.2 Å². The molecule has 14 nitrogen and oxygen atoms in total. The van der Waals surface area contributed by atoms with Crippen molar-refractivity contribution in [2.75, 3.05) is 61.6 Å². The first-order valence-corrected chi connectivity index (χ1v) is 19.4. The molecule has 3 heterocycles. The maximum Gasteiger partial charge on any atom is 0.410 e. The van der Waals surface area contributed by atoms with Gasteiger partial charge < -0.3 is 39.9 Å². The molecular weight excluding hydrogens is 688 g/mol. The summed E-state index contributed by atoms with van der Waals surface area (Å²) in [6.07, 6.45) is 9.39. The molecular formula is C40H52N8O6. The molecule has 2 aromatic carbocycles. The Morgan fingerprint density at radius 1 is 0.944 bits per heavy atom. The number of piperazine rings is 1. The lowest BCUT2D eigenvalue weighted by atomic mass is 9.89. The number of likely N-dealkylation sites (N-methyl/N-ethyl adjacent to an activating group) is 1. The molecule has 2 aliphatic heterocycles. The van der Waals surface area contributed by atoms with Crippen molar-refractivity contribution in [1.82, 2.24) is 25.1 Å². The summed E-state index contributed by atoms with van der Waals surface area (Å²) < 4.78 is 11.4. The van der Waals surface area contributed by atoms with E-state index in [1.807, 2.05) is 37.3 Å². The van der Waals surface area contributed by atoms with E-state index in [2.05, 4.69) is 25.4 Å². The highest BCUT2D eigenvalue weighted by molar-refractivity contribution is 6.04. The van der Waals surface area contributed by atoms with Crippen LogP contribution in [-0.2, 0) is 16.1 Å². The van der Waals surface area contributed by atoms with Crippen LogP contribution in [0.3, 0.4) is 0 Å². The van der Waals surface area contributed by atoms with Crippen LogP contribution in [0.1, 0.15) is 74.2 Å². The fraction of sp³-hybridized carbons (Fsp3) is 0.525. The summed E-state index contributed by atoms with van der Waals surface area (Å²) in [6, 6.07) is 15.3. The first-order valence-electron chi connectivity index (χ1n) is 19.4. The molecule has 3 fully saturated rings. The third-order valence-electron chi connectivity index (χ3n) is 11.3. The van der Waals surface area contributed by atoms with Crippen LogP contribution in [-0.4, -0.2) is 113 Å². The van der Waals surface area contributed by atoms with Gasteiger partial charge in [0.05, 0.1) is 18.5 Å². The van der Waals surface area contributed by atoms with E-state index in [0.29, 0.717) is 47.8 Å². The minimum atomic E-state index is -0.330. The molecule has 1 saturated heterocycles. The van der Waals surface area contributed by atoms with Crippen molar-refractivity contribution in [2.45, 2.75) is 89.1 Å². The lowest BCUT2D eigenvalue weighted by molar-refractivity contribution is -0.119. The number of hydrogen-bond acceptors (Lipinski definition) is 11. The number of aromatic nitrogens is 2. The van der Waals surface area contributed by atoms with Gasteiger partial charge in [0, 0.05) is 56.9 Å². The molecule has 0 bridgehead atoms. The number of aliphatic hydroxyl groups is 1. The van der Waals surface area contributed by atoms with Crippen LogP contribution >= 0.6 is 0 Å². The van der Waals surface area contributed by atoms with Gasteiger partial charge in [0.25, 0.3) is 5.91 Å². The number of benzene rings is 2. The predicted octanol–water partition coefficient (Wildman–Crippen LogP) is 4.70. The molecule has 0 unspecified atom stereocenters. The number of anilines is 4. The van der Waals surface area contributed by atoms with Crippen LogP contribution in [0.4, 0.5) is 27.9 Å². The zero-order valence-corrected chi connectivity index (χ0v) is 31.3. The second-order valence-electron chi connectivity index (χ2n) is 14.8. The molecule has 54 heavy (non-hydrogen) atoms. The Labute approximate surface area is 316 Å². The maximum absolute atomic E-state index is 13.5. The minimum Gasteiger partial charge on any atom is -0.489 e. The summed E-state index contributed by atoms with van der Waals surface area (Å²) in [5.74, 6) is 1.31. The van der Waals surface area contributed by atoms with E-state index < -0.39 is 0 Å². The molecule has 2 aliphatic carbocycles. The Kier molecular flexibility index (Phi) is 11.8. The van der Waals surface area contributed by atoms with Crippen molar-refractivity contribution in [2.24, 2.45) is 0 Å². The molecule has 2 saturated carbocycles. The summed E-state index contributed by atoms with van der Waals surface area (Å²) in [5.41, 5.74) is 2.67. The topological polar surface area (TPSA) is 153 Å². The third kappa shape index (κ3) is 8.39. The number of ether oxygens (including phenoxy) is 2. The van der Waals surface area contributed by atoms with E-state index in [0.717, 1.165) is 75.8 Å². The average Bonchev–Trinajstić information content (AvgIpc) is 3.74. The number of hydrogen-bond donors (Lipinski definition) is 3. The molecule has 3 amide bonds. The van der Waals surface area contributed by atoms with Gasteiger partial charge in [0.15, 0.2) is 5.82 Å². The van der Waals surface area contributed by atoms with E-state index in [9.17, 15) is 19.5 Å². The van der Waals surface area contributed by atoms with Gasteiger partial charge in [-0.05, 0) is 69.2 Å². The van der Waals surface area contributed by atoms with Crippen LogP contribution in [0.25, 0.3) is 0 Å². The number of rotatable bonds is 11. The van der Waals surface area contributed by atoms with Gasteiger partial charge >= 0.3 is 6.09 Å². The van der Waals surface area contributed by atoms with Gasteiger partial charge in [-0.15, -0.1) is 0 Å². The molecule has 0 radical (unpaired) electrons. The molecule has 288 valence electrons. The number of aliphatic hydroxyl groups excluding tert-OH is 1. The van der Waals surface area contributed by atoms with Crippen LogP contribution in [0.2, 0.25) is 0 Å². The van der Waals surface area contributed by atoms with Crippen molar-refractivity contribution < 1.29 is 29.0 Å². The number of nitrogens with zero attached hydrogens (tertiary/aromatic N) is 6. The predicted molar refractivity (Wildman–Crippen MR) is 205 cm³/mol. The van der Waals surface area contributed by atoms with E-state index in [1.165, 1.54) is 0 Å². The van der Waals surface area contributed by atoms with Gasteiger partial charge in [0.2, 0.25) is 11.9 Å². The lowest BCUT2D eigenvalue weighted by Gasteiger charge is -2.42. The third-order valence-corrected chi connectivity index (χ3v) is 11.3. The normalized spacial score (nSPS) is 22.2. The molecule has 7 rings (SSSR count). The fourth-order valence-electron chi connectivity index (χ4n) is 8.32. The highest BCUT2D eigenvalue weighted by Crippen LogP contribution is 2.39. The Hall–Kier alpha value is -4.95. The Morgan fingerprint density at radius 2 is 1.69 bits per heavy atom. The Bertz CT molecular complexity index is 1770. The van der Waals surface area contributed by atoms with E-state index in [4.69, 9.17) is 14.5 Å². The number of amides is 3. The van der Waals surface area contributed by atoms with Crippen LogP contribution < -0.4 is 25.2 Å². The fourth-order valence-corrected chi connectivity index (χ4v) is 8.32. The number of carbonyl (C=O) groups is 3. The van der Waals surface area contributed by atoms with Crippen molar-refractivity contribution in [3.05, 3.63) is 65.9 Å². The van der Waals surface area contributed by atoms with Crippen molar-refractivity contribution in [3.8, 4) is 5.75 Å². The summed E-state index contributed by atoms with van der Waals surface area (Å²) in [7, 11) is 1.76. The first kappa shape index (κ1) is 37.4. The largest absolute Gasteiger partial charge is 0.489 e. The second-order valence-corrected chi connectivity index (χ2v) is 14.8. The molecule has 1 atom stereocenters. The summed E-state index contributed by atoms with van der Waals surface area (Å²) in [6.45, 7) is 4.99. The second kappa shape index (κ2) is 17.0. The SMILES string of the molecule is C[C@@H]1C(=O)N(C)c2cnc(Nc3ccc(C(=O)NC4CCC(N5CCN(C(=O)OCc6ccccc6)CC5)CC4)cc3OCCO)nc2N1C1CCCC1. The van der Waals surface area contributed by atoms with Crippen molar-refractivity contribution >= 4 is 41.0 Å². The molecule has 14 heteroatoms. The first-order chi connectivity index (χ1) is 26.3. The van der Waals surface area contributed by atoms with Gasteiger partial charge in [-0.1, -0.05) is 43.2 Å². The van der Waals surface area contributed by atoms with Crippen LogP contribution in [0.5, 0.6) is 5.75 Å². The molecule has 4 aliphatic rings. The average molecular weight is 741 g/mol. The maximum atomic E-state index is 13.5. The molecule has 0 spiro atoms. The highest BCUT2D eigenvalue weighted by atomic mass is 16.6. The summed E-state index contributed by atoms with van der Waals surface area (Å²) in [5, 5.41) is 16.0. The van der Waals surface area contributed by atoms with Crippen molar-refractivity contribution in [3.63, 3.8) is 0 Å². The molecule has 3 N–H and O–H groups in total. The zero-order valence-electron chi connectivity index (χ0n) is 31.3.